The molecule has 0 N–H and O–H groups in total. The van der Waals surface area contributed by atoms with Crippen molar-refractivity contribution in [2.24, 2.45) is 0 Å². The first kappa shape index (κ1) is 16.0. The molecule has 1 aliphatic heterocycles. The lowest BCUT2D eigenvalue weighted by Gasteiger charge is -2.18. The Morgan fingerprint density at radius 2 is 1.80 bits per heavy atom. The zero-order valence-corrected chi connectivity index (χ0v) is 13.6. The number of Topliss-reactive ketones (excluding diaryl/α,β-unsaturated/α-hetero) is 1. The number of carbonyl (C=O) groups excluding carboxylic acids is 2. The van der Waals surface area contributed by atoms with E-state index in [0.29, 0.717) is 18.6 Å². The molecule has 20 heavy (non-hydrogen) atoms. The van der Waals surface area contributed by atoms with Crippen LogP contribution in [0.2, 0.25) is 0 Å². The maximum Gasteiger partial charge on any atom is 0.233 e. The number of allylic oxidation sites excluding steroid dienone is 1. The molecule has 112 valence electrons. The Morgan fingerprint density at radius 3 is 2.70 bits per heavy atom. The Hall–Kier alpha value is -0.420. The van der Waals surface area contributed by atoms with Gasteiger partial charge in [0.15, 0.2) is 5.78 Å². The van der Waals surface area contributed by atoms with Gasteiger partial charge in [0.2, 0.25) is 5.91 Å². The highest BCUT2D eigenvalue weighted by Crippen LogP contribution is 2.31. The Morgan fingerprint density at radius 1 is 1.00 bits per heavy atom. The molecule has 2 aliphatic rings. The first-order chi connectivity index (χ1) is 9.77. The van der Waals surface area contributed by atoms with Crippen molar-refractivity contribution in [1.29, 1.82) is 0 Å². The van der Waals surface area contributed by atoms with Crippen LogP contribution in [-0.2, 0) is 9.59 Å². The van der Waals surface area contributed by atoms with E-state index in [9.17, 15) is 9.59 Å². The SMILES string of the molecule is O=C1CCCCCC=C1CSSN1CCCCCC1=O. The van der Waals surface area contributed by atoms with Crippen LogP contribution in [0.1, 0.15) is 57.8 Å². The fourth-order valence-corrected chi connectivity index (χ4v) is 4.84. The van der Waals surface area contributed by atoms with Gasteiger partial charge in [-0.2, -0.15) is 0 Å². The Labute approximate surface area is 129 Å². The van der Waals surface area contributed by atoms with Crippen molar-refractivity contribution < 1.29 is 9.59 Å². The van der Waals surface area contributed by atoms with E-state index in [1.54, 1.807) is 10.8 Å². The zero-order valence-electron chi connectivity index (χ0n) is 11.9. The molecule has 1 heterocycles. The van der Waals surface area contributed by atoms with E-state index in [0.717, 1.165) is 50.0 Å². The topological polar surface area (TPSA) is 37.4 Å². The molecule has 1 fully saturated rings. The van der Waals surface area contributed by atoms with Crippen LogP contribution >= 0.6 is 21.8 Å². The van der Waals surface area contributed by atoms with Gasteiger partial charge in [-0.15, -0.1) is 0 Å². The molecule has 0 atom stereocenters. The lowest BCUT2D eigenvalue weighted by Crippen LogP contribution is -2.22. The molecular formula is C15H23NO2S2. The summed E-state index contributed by atoms with van der Waals surface area (Å²) in [4.78, 5) is 23.9. The molecule has 0 unspecified atom stereocenters. The quantitative estimate of drug-likeness (QED) is 0.577. The van der Waals surface area contributed by atoms with Crippen LogP contribution in [0, 0.1) is 0 Å². The van der Waals surface area contributed by atoms with Gasteiger partial charge in [-0.1, -0.05) is 29.7 Å². The molecule has 0 aromatic heterocycles. The smallest absolute Gasteiger partial charge is 0.233 e. The fraction of sp³-hybridized carbons (Fsp3) is 0.733. The summed E-state index contributed by atoms with van der Waals surface area (Å²) in [5, 5.41) is 0. The van der Waals surface area contributed by atoms with Gasteiger partial charge in [-0.05, 0) is 32.1 Å². The van der Waals surface area contributed by atoms with Crippen LogP contribution in [0.25, 0.3) is 0 Å². The molecule has 0 saturated carbocycles. The van der Waals surface area contributed by atoms with E-state index in [1.807, 2.05) is 4.31 Å². The summed E-state index contributed by atoms with van der Waals surface area (Å²) in [7, 11) is 3.17. The van der Waals surface area contributed by atoms with Gasteiger partial charge < -0.3 is 0 Å². The monoisotopic (exact) mass is 313 g/mol. The summed E-state index contributed by atoms with van der Waals surface area (Å²) in [5.41, 5.74) is 0.962. The summed E-state index contributed by atoms with van der Waals surface area (Å²) in [6.45, 7) is 0.851. The van der Waals surface area contributed by atoms with E-state index in [1.165, 1.54) is 23.8 Å². The maximum absolute atomic E-state index is 12.0. The number of rotatable bonds is 4. The highest BCUT2D eigenvalue weighted by Gasteiger charge is 2.18. The third-order valence-electron chi connectivity index (χ3n) is 3.74. The predicted molar refractivity (Wildman–Crippen MR) is 86.4 cm³/mol. The van der Waals surface area contributed by atoms with E-state index in [4.69, 9.17) is 0 Å². The molecule has 1 saturated heterocycles. The van der Waals surface area contributed by atoms with Gasteiger partial charge in [0, 0.05) is 41.7 Å². The van der Waals surface area contributed by atoms with Gasteiger partial charge in [0.1, 0.15) is 0 Å². The molecule has 0 radical (unpaired) electrons. The van der Waals surface area contributed by atoms with Crippen LogP contribution in [0.15, 0.2) is 11.6 Å². The number of ketones is 1. The predicted octanol–water partition coefficient (Wildman–Crippen LogP) is 4.15. The van der Waals surface area contributed by atoms with Crippen LogP contribution in [0.3, 0.4) is 0 Å². The van der Waals surface area contributed by atoms with Crippen LogP contribution in [0.4, 0.5) is 0 Å². The molecule has 5 heteroatoms. The van der Waals surface area contributed by atoms with Crippen LogP contribution < -0.4 is 0 Å². The molecular weight excluding hydrogens is 290 g/mol. The number of amides is 1. The second-order valence-electron chi connectivity index (χ2n) is 5.40. The summed E-state index contributed by atoms with van der Waals surface area (Å²) in [6, 6.07) is 0. The molecule has 0 aromatic rings. The molecule has 3 nitrogen and oxygen atoms in total. The normalized spacial score (nSPS) is 22.0. The van der Waals surface area contributed by atoms with Crippen molar-refractivity contribution in [1.82, 2.24) is 4.31 Å². The lowest BCUT2D eigenvalue weighted by atomic mass is 10.00. The average molecular weight is 313 g/mol. The first-order valence-electron chi connectivity index (χ1n) is 7.59. The van der Waals surface area contributed by atoms with Crippen molar-refractivity contribution in [2.75, 3.05) is 12.3 Å². The highest BCUT2D eigenvalue weighted by atomic mass is 33.1. The standard InChI is InChI=1S/C15H23NO2S2/c17-14-9-5-2-1-4-8-13(14)12-19-20-16-11-7-3-6-10-15(16)18/h8H,1-7,9-12H2. The fourth-order valence-electron chi connectivity index (χ4n) is 2.49. The van der Waals surface area contributed by atoms with Crippen molar-refractivity contribution >= 4 is 33.5 Å². The lowest BCUT2D eigenvalue weighted by molar-refractivity contribution is -0.125. The largest absolute Gasteiger partial charge is 0.295 e. The minimum absolute atomic E-state index is 0.248. The molecule has 1 aliphatic carbocycles. The second kappa shape index (κ2) is 8.78. The van der Waals surface area contributed by atoms with Crippen molar-refractivity contribution in [2.45, 2.75) is 57.8 Å². The van der Waals surface area contributed by atoms with Crippen molar-refractivity contribution in [3.05, 3.63) is 11.6 Å². The number of nitrogens with zero attached hydrogens (tertiary/aromatic N) is 1. The number of carbonyl (C=O) groups is 2. The minimum atomic E-state index is 0.248. The van der Waals surface area contributed by atoms with E-state index < -0.39 is 0 Å². The van der Waals surface area contributed by atoms with Gasteiger partial charge in [-0.25, -0.2) is 0 Å². The summed E-state index contributed by atoms with van der Waals surface area (Å²) in [5.74, 6) is 1.28. The van der Waals surface area contributed by atoms with Gasteiger partial charge in [-0.3, -0.25) is 13.9 Å². The third kappa shape index (κ3) is 5.17. The van der Waals surface area contributed by atoms with Gasteiger partial charge in [0.25, 0.3) is 0 Å². The third-order valence-corrected chi connectivity index (χ3v) is 6.05. The minimum Gasteiger partial charge on any atom is -0.295 e. The molecule has 2 rings (SSSR count). The van der Waals surface area contributed by atoms with Crippen LogP contribution in [0.5, 0.6) is 0 Å². The van der Waals surface area contributed by atoms with Gasteiger partial charge in [0.05, 0.1) is 0 Å². The van der Waals surface area contributed by atoms with E-state index in [2.05, 4.69) is 6.08 Å². The number of hydrogen-bond donors (Lipinski definition) is 0. The van der Waals surface area contributed by atoms with Gasteiger partial charge >= 0.3 is 0 Å². The molecule has 0 spiro atoms. The first-order valence-corrected chi connectivity index (χ1v) is 9.87. The second-order valence-corrected chi connectivity index (χ2v) is 7.66. The summed E-state index contributed by atoms with van der Waals surface area (Å²) < 4.78 is 1.88. The molecule has 1 amide bonds. The van der Waals surface area contributed by atoms with Crippen molar-refractivity contribution in [3.63, 3.8) is 0 Å². The molecule has 0 bridgehead atoms. The number of hydrogen-bond acceptors (Lipinski definition) is 4. The van der Waals surface area contributed by atoms with E-state index in [-0.39, 0.29) is 5.91 Å². The highest BCUT2D eigenvalue weighted by molar-refractivity contribution is 8.76. The Balaban J connectivity index is 1.78. The summed E-state index contributed by atoms with van der Waals surface area (Å²) >= 11 is 0. The van der Waals surface area contributed by atoms with Crippen LogP contribution in [-0.4, -0.2) is 28.3 Å². The molecule has 0 aromatic carbocycles. The van der Waals surface area contributed by atoms with E-state index >= 15 is 0 Å². The Kier molecular flexibility index (Phi) is 7.00. The van der Waals surface area contributed by atoms with Crippen molar-refractivity contribution in [3.8, 4) is 0 Å². The maximum atomic E-state index is 12.0. The average Bonchev–Trinajstić information content (AvgIpc) is 2.63. The summed E-state index contributed by atoms with van der Waals surface area (Å²) in [6.07, 6.45) is 11.2. The Bertz CT molecular complexity index is 382. The zero-order chi connectivity index (χ0) is 14.2.